The van der Waals surface area contributed by atoms with E-state index in [4.69, 9.17) is 0 Å². The molecular formula is C35H51N5O5. The van der Waals surface area contributed by atoms with Crippen molar-refractivity contribution < 1.29 is 24.6 Å². The molecule has 2 rings (SSSR count). The Morgan fingerprint density at radius 3 is 1.96 bits per heavy atom. The highest BCUT2D eigenvalue weighted by molar-refractivity contribution is 6.19. The van der Waals surface area contributed by atoms with E-state index in [-0.39, 0.29) is 36.6 Å². The van der Waals surface area contributed by atoms with Crippen molar-refractivity contribution in [2.24, 2.45) is 21.8 Å². The average Bonchev–Trinajstić information content (AvgIpc) is 3.01. The Balaban J connectivity index is 1.60. The molecule has 0 fully saturated rings. The minimum absolute atomic E-state index is 0.0476. The summed E-state index contributed by atoms with van der Waals surface area (Å²) >= 11 is 0. The zero-order chi connectivity index (χ0) is 32.9. The number of allylic oxidation sites excluding steroid dienone is 12. The highest BCUT2D eigenvalue weighted by atomic mass is 16.3. The van der Waals surface area contributed by atoms with Gasteiger partial charge in [0.05, 0.1) is 18.1 Å². The molecule has 10 nitrogen and oxygen atoms in total. The second-order valence-electron chi connectivity index (χ2n) is 11.2. The van der Waals surface area contributed by atoms with E-state index in [1.54, 1.807) is 6.92 Å². The van der Waals surface area contributed by atoms with Crippen LogP contribution in [0, 0.1) is 11.8 Å². The summed E-state index contributed by atoms with van der Waals surface area (Å²) in [5.41, 5.74) is 0. The zero-order valence-corrected chi connectivity index (χ0v) is 26.9. The third-order valence-corrected chi connectivity index (χ3v) is 7.25. The minimum Gasteiger partial charge on any atom is -0.391 e. The van der Waals surface area contributed by atoms with Crippen molar-refractivity contribution in [2.75, 3.05) is 6.54 Å². The Labute approximate surface area is 268 Å². The SMILES string of the molecule is CC/C=C\C/C=C\C/C=C\C/C=C\C/C=C\C/C=C\CCC(=O)N[C@@H](C)C(=O)NC1=NC2=NC[C@H]([C@@H](O)[C@H](C)O)CC2C(=O)N1. The van der Waals surface area contributed by atoms with Crippen LogP contribution in [0.5, 0.6) is 0 Å². The molecule has 0 aromatic rings. The van der Waals surface area contributed by atoms with Crippen LogP contribution in [-0.4, -0.2) is 64.5 Å². The maximum atomic E-state index is 12.6. The van der Waals surface area contributed by atoms with Crippen LogP contribution < -0.4 is 16.0 Å². The van der Waals surface area contributed by atoms with Gasteiger partial charge in [-0.1, -0.05) is 79.8 Å². The van der Waals surface area contributed by atoms with E-state index in [9.17, 15) is 24.6 Å². The molecule has 3 amide bonds. The summed E-state index contributed by atoms with van der Waals surface area (Å²) in [6.07, 6.45) is 30.4. The second kappa shape index (κ2) is 21.8. The van der Waals surface area contributed by atoms with Gasteiger partial charge in [0.1, 0.15) is 11.9 Å². The predicted octanol–water partition coefficient (Wildman–Crippen LogP) is 4.35. The van der Waals surface area contributed by atoms with Crippen molar-refractivity contribution in [3.8, 4) is 0 Å². The molecule has 246 valence electrons. The van der Waals surface area contributed by atoms with Gasteiger partial charge < -0.3 is 15.5 Å². The number of amidine groups is 1. The number of carbonyl (C=O) groups is 3. The standard InChI is InChI=1S/C35H51N5O5/c1-4-5-6-7-8-9-10-11-12-13-14-15-16-17-18-19-20-21-22-23-30(42)37-26(2)33(44)39-35-38-32-29(34(45)40-35)24-28(25-36-32)31(43)27(3)41/h5-6,8-9,11-12,14-15,17-18,20-21,26-29,31,41,43H,4,7,10,13,16,19,22-25H2,1-3H3,(H,37,42)(H2,36,38,39,40,44,45)/b6-5-,9-8-,12-11-,15-14-,18-17-,21-20-/t26-,27-,28+,29?,31-/m0/s1. The van der Waals surface area contributed by atoms with E-state index in [0.29, 0.717) is 12.8 Å². The number of aliphatic hydroxyl groups is 2. The molecule has 10 heteroatoms. The zero-order valence-electron chi connectivity index (χ0n) is 26.9. The summed E-state index contributed by atoms with van der Waals surface area (Å²) < 4.78 is 0. The summed E-state index contributed by atoms with van der Waals surface area (Å²) in [5, 5.41) is 27.5. The van der Waals surface area contributed by atoms with Gasteiger partial charge in [-0.15, -0.1) is 0 Å². The van der Waals surface area contributed by atoms with Crippen molar-refractivity contribution in [1.82, 2.24) is 16.0 Å². The largest absolute Gasteiger partial charge is 0.391 e. The Hall–Kier alpha value is -3.89. The first-order valence-corrected chi connectivity index (χ1v) is 16.0. The summed E-state index contributed by atoms with van der Waals surface area (Å²) in [5.74, 6) is -1.97. The number of nitrogens with one attached hydrogen (secondary N) is 3. The molecule has 0 aromatic carbocycles. The number of guanidine groups is 1. The van der Waals surface area contributed by atoms with Gasteiger partial charge in [0.25, 0.3) is 0 Å². The van der Waals surface area contributed by atoms with Gasteiger partial charge in [0.2, 0.25) is 23.7 Å². The van der Waals surface area contributed by atoms with Gasteiger partial charge in [-0.3, -0.25) is 30.0 Å². The van der Waals surface area contributed by atoms with Crippen molar-refractivity contribution in [3.63, 3.8) is 0 Å². The van der Waals surface area contributed by atoms with Gasteiger partial charge >= 0.3 is 0 Å². The molecule has 0 saturated heterocycles. The first-order valence-electron chi connectivity index (χ1n) is 16.0. The molecule has 2 heterocycles. The lowest BCUT2D eigenvalue weighted by Crippen LogP contribution is -2.56. The summed E-state index contributed by atoms with van der Waals surface area (Å²) in [4.78, 5) is 46.0. The van der Waals surface area contributed by atoms with Crippen LogP contribution in [-0.2, 0) is 14.4 Å². The van der Waals surface area contributed by atoms with Crippen LogP contribution in [0.15, 0.2) is 82.9 Å². The van der Waals surface area contributed by atoms with Crippen LogP contribution in [0.2, 0.25) is 0 Å². The maximum absolute atomic E-state index is 12.6. The number of fused-ring (bicyclic) bond motifs is 1. The second-order valence-corrected chi connectivity index (χ2v) is 11.2. The summed E-state index contributed by atoms with van der Waals surface area (Å²) in [6, 6.07) is -0.834. The number of hydrogen-bond acceptors (Lipinski definition) is 7. The molecule has 0 aliphatic carbocycles. The number of aliphatic imine (C=N–C) groups is 2. The molecule has 5 atom stereocenters. The predicted molar refractivity (Wildman–Crippen MR) is 180 cm³/mol. The lowest BCUT2D eigenvalue weighted by atomic mass is 9.84. The smallest absolute Gasteiger partial charge is 0.248 e. The van der Waals surface area contributed by atoms with E-state index < -0.39 is 36.0 Å². The van der Waals surface area contributed by atoms with Gasteiger partial charge in [0.15, 0.2) is 0 Å². The number of carbonyl (C=O) groups excluding carboxylic acids is 3. The third-order valence-electron chi connectivity index (χ3n) is 7.25. The van der Waals surface area contributed by atoms with Crippen molar-refractivity contribution >= 4 is 29.5 Å². The molecule has 2 aliphatic rings. The van der Waals surface area contributed by atoms with E-state index in [2.05, 4.69) is 93.6 Å². The van der Waals surface area contributed by atoms with Crippen molar-refractivity contribution in [3.05, 3.63) is 72.9 Å². The molecule has 45 heavy (non-hydrogen) atoms. The summed E-state index contributed by atoms with van der Waals surface area (Å²) in [7, 11) is 0. The molecule has 0 aromatic heterocycles. The number of nitrogens with zero attached hydrogens (tertiary/aromatic N) is 2. The van der Waals surface area contributed by atoms with Crippen LogP contribution in [0.25, 0.3) is 0 Å². The quantitative estimate of drug-likeness (QED) is 0.144. The first kappa shape index (κ1) is 37.3. The number of amides is 3. The number of aliphatic hydroxyl groups excluding tert-OH is 2. The molecular weight excluding hydrogens is 570 g/mol. The molecule has 0 radical (unpaired) electrons. The highest BCUT2D eigenvalue weighted by Gasteiger charge is 2.38. The third kappa shape index (κ3) is 15.1. The normalized spacial score (nSPS) is 21.0. The van der Waals surface area contributed by atoms with Crippen LogP contribution in [0.4, 0.5) is 0 Å². The first-order chi connectivity index (χ1) is 21.7. The fourth-order valence-corrected chi connectivity index (χ4v) is 4.65. The topological polar surface area (TPSA) is 152 Å². The van der Waals surface area contributed by atoms with E-state index in [1.807, 2.05) is 12.2 Å². The van der Waals surface area contributed by atoms with E-state index in [1.165, 1.54) is 6.92 Å². The van der Waals surface area contributed by atoms with Gasteiger partial charge in [-0.25, -0.2) is 0 Å². The fraction of sp³-hybridized carbons (Fsp3) is 0.514. The molecule has 5 N–H and O–H groups in total. The average molecular weight is 622 g/mol. The van der Waals surface area contributed by atoms with Crippen molar-refractivity contribution in [2.45, 2.75) is 96.8 Å². The van der Waals surface area contributed by atoms with Gasteiger partial charge in [-0.2, -0.15) is 4.99 Å². The minimum atomic E-state index is -0.989. The molecule has 0 bridgehead atoms. The van der Waals surface area contributed by atoms with E-state index in [0.717, 1.165) is 38.5 Å². The highest BCUT2D eigenvalue weighted by Crippen LogP contribution is 2.26. The van der Waals surface area contributed by atoms with Gasteiger partial charge in [-0.05, 0) is 65.2 Å². The van der Waals surface area contributed by atoms with Crippen LogP contribution in [0.3, 0.4) is 0 Å². The Kier molecular flexibility index (Phi) is 18.0. The number of hydrogen-bond donors (Lipinski definition) is 5. The summed E-state index contributed by atoms with van der Waals surface area (Å²) in [6.45, 7) is 5.40. The Bertz CT molecular complexity index is 1190. The van der Waals surface area contributed by atoms with Crippen LogP contribution >= 0.6 is 0 Å². The van der Waals surface area contributed by atoms with Crippen molar-refractivity contribution in [1.29, 1.82) is 0 Å². The van der Waals surface area contributed by atoms with Gasteiger partial charge in [0, 0.05) is 18.9 Å². The van der Waals surface area contributed by atoms with E-state index >= 15 is 0 Å². The molecule has 0 spiro atoms. The Morgan fingerprint density at radius 2 is 1.42 bits per heavy atom. The molecule has 0 saturated carbocycles. The number of rotatable bonds is 18. The monoisotopic (exact) mass is 621 g/mol. The molecule has 1 unspecified atom stereocenters. The fourth-order valence-electron chi connectivity index (χ4n) is 4.65. The Morgan fingerprint density at radius 1 is 0.889 bits per heavy atom. The molecule has 2 aliphatic heterocycles. The maximum Gasteiger partial charge on any atom is 0.248 e. The lowest BCUT2D eigenvalue weighted by Gasteiger charge is -2.33. The van der Waals surface area contributed by atoms with Crippen LogP contribution in [0.1, 0.15) is 78.6 Å². The lowest BCUT2D eigenvalue weighted by molar-refractivity contribution is -0.128.